The van der Waals surface area contributed by atoms with E-state index < -0.39 is 6.10 Å². The van der Waals surface area contributed by atoms with Crippen LogP contribution >= 0.6 is 0 Å². The molecule has 0 amide bonds. The number of unbranched alkanes of at least 4 members (excludes halogenated alkanes) is 1. The lowest BCUT2D eigenvalue weighted by Gasteiger charge is -2.22. The minimum Gasteiger partial charge on any atom is -0.391 e. The van der Waals surface area contributed by atoms with Crippen molar-refractivity contribution in [1.29, 1.82) is 0 Å². The zero-order valence-corrected chi connectivity index (χ0v) is 11.4. The lowest BCUT2D eigenvalue weighted by Crippen LogP contribution is -2.31. The Kier molecular flexibility index (Phi) is 4.63. The molecule has 2 rings (SSSR count). The first-order valence-electron chi connectivity index (χ1n) is 6.72. The van der Waals surface area contributed by atoms with Crippen LogP contribution in [-0.2, 0) is 0 Å². The fourth-order valence-corrected chi connectivity index (χ4v) is 2.03. The molecule has 0 fully saturated rings. The number of aromatic nitrogens is 3. The summed E-state index contributed by atoms with van der Waals surface area (Å²) in [7, 11) is 0. The van der Waals surface area contributed by atoms with Gasteiger partial charge < -0.3 is 10.4 Å². The highest BCUT2D eigenvalue weighted by molar-refractivity contribution is 5.84. The molecule has 0 aromatic carbocycles. The molecule has 102 valence electrons. The van der Waals surface area contributed by atoms with Gasteiger partial charge in [0.1, 0.15) is 11.8 Å². The Morgan fingerprint density at radius 1 is 1.32 bits per heavy atom. The monoisotopic (exact) mass is 260 g/mol. The van der Waals surface area contributed by atoms with Gasteiger partial charge in [0.25, 0.3) is 0 Å². The zero-order chi connectivity index (χ0) is 13.7. The van der Waals surface area contributed by atoms with Crippen LogP contribution in [0.4, 0.5) is 5.82 Å². The van der Waals surface area contributed by atoms with Crippen molar-refractivity contribution in [1.82, 2.24) is 15.0 Å². The van der Waals surface area contributed by atoms with Crippen molar-refractivity contribution in [3.05, 3.63) is 24.7 Å². The van der Waals surface area contributed by atoms with E-state index in [-0.39, 0.29) is 6.04 Å². The molecule has 19 heavy (non-hydrogen) atoms. The molecule has 0 aliphatic heterocycles. The lowest BCUT2D eigenvalue weighted by atomic mass is 10.1. The fraction of sp³-hybridized carbons (Fsp3) is 0.500. The number of nitrogens with zero attached hydrogens (tertiary/aromatic N) is 3. The average molecular weight is 260 g/mol. The highest BCUT2D eigenvalue weighted by Crippen LogP contribution is 2.19. The van der Waals surface area contributed by atoms with Crippen molar-refractivity contribution in [3.63, 3.8) is 0 Å². The molecular weight excluding hydrogens is 240 g/mol. The van der Waals surface area contributed by atoms with Crippen LogP contribution in [-0.4, -0.2) is 32.2 Å². The van der Waals surface area contributed by atoms with E-state index in [1.54, 1.807) is 13.1 Å². The summed E-state index contributed by atoms with van der Waals surface area (Å²) in [4.78, 5) is 12.7. The number of hydrogen-bond donors (Lipinski definition) is 2. The molecule has 2 heterocycles. The maximum atomic E-state index is 9.85. The van der Waals surface area contributed by atoms with Gasteiger partial charge >= 0.3 is 0 Å². The van der Waals surface area contributed by atoms with Crippen LogP contribution in [0.5, 0.6) is 0 Å². The van der Waals surface area contributed by atoms with Gasteiger partial charge in [0, 0.05) is 6.20 Å². The summed E-state index contributed by atoms with van der Waals surface area (Å²) in [6, 6.07) is 3.74. The molecule has 5 nitrogen and oxygen atoms in total. The number of aliphatic hydroxyl groups excluding tert-OH is 1. The highest BCUT2D eigenvalue weighted by Gasteiger charge is 2.16. The molecule has 0 spiro atoms. The minimum absolute atomic E-state index is 0.0138. The zero-order valence-electron chi connectivity index (χ0n) is 11.4. The summed E-state index contributed by atoms with van der Waals surface area (Å²) in [5.41, 5.74) is 1.55. The van der Waals surface area contributed by atoms with Gasteiger partial charge in [-0.25, -0.2) is 9.97 Å². The van der Waals surface area contributed by atoms with E-state index in [0.29, 0.717) is 5.82 Å². The van der Waals surface area contributed by atoms with E-state index in [1.165, 1.54) is 6.33 Å². The summed E-state index contributed by atoms with van der Waals surface area (Å²) in [6.07, 6.45) is 5.89. The summed E-state index contributed by atoms with van der Waals surface area (Å²) in [5, 5.41) is 13.1. The third kappa shape index (κ3) is 3.38. The molecule has 0 saturated carbocycles. The Bertz CT molecular complexity index is 524. The van der Waals surface area contributed by atoms with Crippen LogP contribution in [0.2, 0.25) is 0 Å². The van der Waals surface area contributed by atoms with Crippen molar-refractivity contribution in [2.75, 3.05) is 5.32 Å². The minimum atomic E-state index is -0.430. The molecule has 2 atom stereocenters. The number of fused-ring (bicyclic) bond motifs is 1. The third-order valence-electron chi connectivity index (χ3n) is 3.17. The number of hydrogen-bond acceptors (Lipinski definition) is 5. The van der Waals surface area contributed by atoms with Crippen LogP contribution in [0.15, 0.2) is 24.7 Å². The van der Waals surface area contributed by atoms with Gasteiger partial charge in [0.05, 0.1) is 17.7 Å². The van der Waals surface area contributed by atoms with Gasteiger partial charge in [-0.1, -0.05) is 19.8 Å². The Labute approximate surface area is 113 Å². The molecule has 2 N–H and O–H groups in total. The molecular formula is C14H20N4O. The summed E-state index contributed by atoms with van der Waals surface area (Å²) in [5.74, 6) is 0.688. The van der Waals surface area contributed by atoms with E-state index in [1.807, 2.05) is 12.1 Å². The van der Waals surface area contributed by atoms with E-state index in [2.05, 4.69) is 27.2 Å². The Hall–Kier alpha value is -1.75. The molecule has 0 radical (unpaired) electrons. The smallest absolute Gasteiger partial charge is 0.156 e. The summed E-state index contributed by atoms with van der Waals surface area (Å²) < 4.78 is 0. The van der Waals surface area contributed by atoms with Gasteiger partial charge in [-0.05, 0) is 25.5 Å². The number of nitrogens with one attached hydrogen (secondary N) is 1. The lowest BCUT2D eigenvalue weighted by molar-refractivity contribution is 0.166. The summed E-state index contributed by atoms with van der Waals surface area (Å²) in [6.45, 7) is 3.94. The second kappa shape index (κ2) is 6.43. The van der Waals surface area contributed by atoms with Gasteiger partial charge in [-0.15, -0.1) is 0 Å². The second-order valence-corrected chi connectivity index (χ2v) is 4.73. The number of anilines is 1. The average Bonchev–Trinajstić information content (AvgIpc) is 2.43. The Balaban J connectivity index is 2.23. The predicted molar refractivity (Wildman–Crippen MR) is 75.9 cm³/mol. The molecule has 0 bridgehead atoms. The molecule has 2 aromatic rings. The molecule has 5 heteroatoms. The van der Waals surface area contributed by atoms with Crippen LogP contribution in [0.1, 0.15) is 33.1 Å². The van der Waals surface area contributed by atoms with Gasteiger partial charge in [-0.3, -0.25) is 4.98 Å². The first-order valence-corrected chi connectivity index (χ1v) is 6.72. The normalized spacial score (nSPS) is 14.3. The van der Waals surface area contributed by atoms with E-state index in [4.69, 9.17) is 0 Å². The van der Waals surface area contributed by atoms with Gasteiger partial charge in [0.15, 0.2) is 5.82 Å². The number of aliphatic hydroxyl groups is 1. The number of pyridine rings is 1. The fourth-order valence-electron chi connectivity index (χ4n) is 2.03. The number of rotatable bonds is 6. The van der Waals surface area contributed by atoms with Crippen LogP contribution in [0.25, 0.3) is 11.0 Å². The van der Waals surface area contributed by atoms with Crippen molar-refractivity contribution < 1.29 is 5.11 Å². The standard InChI is InChI=1S/C14H20N4O/c1-3-4-6-11(10(2)19)18-14-13-12(16-9-17-14)7-5-8-15-13/h5,7-11,19H,3-4,6H2,1-2H3,(H,16,17,18)/t10-,11+/m0/s1. The van der Waals surface area contributed by atoms with Crippen molar-refractivity contribution in [2.45, 2.75) is 45.3 Å². The molecule has 2 aromatic heterocycles. The molecule has 0 aliphatic carbocycles. The van der Waals surface area contributed by atoms with E-state index in [0.717, 1.165) is 30.3 Å². The first-order chi connectivity index (χ1) is 9.22. The van der Waals surface area contributed by atoms with Crippen LogP contribution < -0.4 is 5.32 Å². The maximum absolute atomic E-state index is 9.85. The van der Waals surface area contributed by atoms with Crippen LogP contribution in [0.3, 0.4) is 0 Å². The van der Waals surface area contributed by atoms with E-state index >= 15 is 0 Å². The molecule has 0 saturated heterocycles. The van der Waals surface area contributed by atoms with E-state index in [9.17, 15) is 5.11 Å². The maximum Gasteiger partial charge on any atom is 0.156 e. The molecule has 0 aliphatic rings. The topological polar surface area (TPSA) is 70.9 Å². The molecule has 0 unspecified atom stereocenters. The van der Waals surface area contributed by atoms with Crippen molar-refractivity contribution >= 4 is 16.9 Å². The van der Waals surface area contributed by atoms with Gasteiger partial charge in [0.2, 0.25) is 0 Å². The Morgan fingerprint density at radius 3 is 2.89 bits per heavy atom. The largest absolute Gasteiger partial charge is 0.391 e. The van der Waals surface area contributed by atoms with Gasteiger partial charge in [-0.2, -0.15) is 0 Å². The quantitative estimate of drug-likeness (QED) is 0.834. The third-order valence-corrected chi connectivity index (χ3v) is 3.17. The predicted octanol–water partition coefficient (Wildman–Crippen LogP) is 2.38. The highest BCUT2D eigenvalue weighted by atomic mass is 16.3. The van der Waals surface area contributed by atoms with Crippen molar-refractivity contribution in [2.24, 2.45) is 0 Å². The SMILES string of the molecule is CCCC[C@@H](Nc1ncnc2cccnc12)[C@H](C)O. The Morgan fingerprint density at radius 2 is 2.16 bits per heavy atom. The van der Waals surface area contributed by atoms with Crippen LogP contribution in [0, 0.1) is 0 Å². The summed E-state index contributed by atoms with van der Waals surface area (Å²) >= 11 is 0. The second-order valence-electron chi connectivity index (χ2n) is 4.73. The first kappa shape index (κ1) is 13.7. The van der Waals surface area contributed by atoms with Crippen molar-refractivity contribution in [3.8, 4) is 0 Å².